The maximum Gasteiger partial charge on any atom is 0.191 e. The fraction of sp³-hybridized carbons (Fsp3) is 0.929. The van der Waals surface area contributed by atoms with Crippen LogP contribution >= 0.6 is 0 Å². The van der Waals surface area contributed by atoms with Gasteiger partial charge in [0.05, 0.1) is 11.5 Å². The largest absolute Gasteiger partial charge is 0.354 e. The molecular formula is C14H27N3O2S. The van der Waals surface area contributed by atoms with E-state index in [9.17, 15) is 8.42 Å². The topological polar surface area (TPSA) is 70.6 Å². The summed E-state index contributed by atoms with van der Waals surface area (Å²) in [6.07, 6.45) is 3.16. The highest BCUT2D eigenvalue weighted by atomic mass is 32.2. The normalized spacial score (nSPS) is 27.6. The maximum absolute atomic E-state index is 11.5. The molecule has 1 aliphatic carbocycles. The monoisotopic (exact) mass is 301 g/mol. The molecule has 5 nitrogen and oxygen atoms in total. The van der Waals surface area contributed by atoms with Crippen LogP contribution in [0.2, 0.25) is 0 Å². The van der Waals surface area contributed by atoms with Crippen LogP contribution in [0.4, 0.5) is 0 Å². The fourth-order valence-corrected chi connectivity index (χ4v) is 4.02. The summed E-state index contributed by atoms with van der Waals surface area (Å²) in [5.41, 5.74) is 0. The van der Waals surface area contributed by atoms with Crippen molar-refractivity contribution in [2.24, 2.45) is 16.8 Å². The van der Waals surface area contributed by atoms with E-state index in [1.165, 1.54) is 12.8 Å². The second kappa shape index (κ2) is 6.33. The average Bonchev–Trinajstić information content (AvgIpc) is 3.09. The number of nitrogens with one attached hydrogen (secondary N) is 2. The number of aliphatic imine (C=N–C) groups is 1. The van der Waals surface area contributed by atoms with E-state index in [1.807, 2.05) is 0 Å². The fourth-order valence-electron chi connectivity index (χ4n) is 2.17. The molecule has 0 radical (unpaired) electrons. The smallest absolute Gasteiger partial charge is 0.191 e. The molecule has 2 rings (SSSR count). The maximum atomic E-state index is 11.5. The van der Waals surface area contributed by atoms with Gasteiger partial charge in [-0.1, -0.05) is 13.8 Å². The van der Waals surface area contributed by atoms with Crippen LogP contribution in [-0.4, -0.2) is 44.5 Å². The molecule has 2 unspecified atom stereocenters. The van der Waals surface area contributed by atoms with Gasteiger partial charge < -0.3 is 10.6 Å². The molecule has 2 atom stereocenters. The summed E-state index contributed by atoms with van der Waals surface area (Å²) in [5.74, 6) is 2.19. The van der Waals surface area contributed by atoms with Gasteiger partial charge in [0.15, 0.2) is 15.8 Å². The first kappa shape index (κ1) is 15.6. The quantitative estimate of drug-likeness (QED) is 0.590. The Labute approximate surface area is 122 Å². The number of hydrogen-bond acceptors (Lipinski definition) is 3. The lowest BCUT2D eigenvalue weighted by Gasteiger charge is -2.21. The van der Waals surface area contributed by atoms with Crippen LogP contribution < -0.4 is 10.6 Å². The van der Waals surface area contributed by atoms with E-state index in [0.29, 0.717) is 36.1 Å². The van der Waals surface area contributed by atoms with Crippen LogP contribution in [0.25, 0.3) is 0 Å². The number of guanidine groups is 1. The zero-order valence-corrected chi connectivity index (χ0v) is 13.5. The van der Waals surface area contributed by atoms with E-state index < -0.39 is 9.84 Å². The standard InChI is InChI=1S/C14H27N3O2S/c1-10(2)11(3)16-14(17-13-4-5-13)15-8-12-6-7-20(18,19)9-12/h10-13H,4-9H2,1-3H3,(H2,15,16,17). The van der Waals surface area contributed by atoms with Gasteiger partial charge in [0.25, 0.3) is 0 Å². The van der Waals surface area contributed by atoms with Crippen LogP contribution in [0.3, 0.4) is 0 Å². The lowest BCUT2D eigenvalue weighted by Crippen LogP contribution is -2.45. The SMILES string of the molecule is CC(C)C(C)NC(=NCC1CCS(=O)(=O)C1)NC1CC1. The average molecular weight is 301 g/mol. The molecular weight excluding hydrogens is 274 g/mol. The molecule has 0 aromatic carbocycles. The third-order valence-electron chi connectivity index (χ3n) is 4.12. The van der Waals surface area contributed by atoms with Crippen molar-refractivity contribution in [3.63, 3.8) is 0 Å². The van der Waals surface area contributed by atoms with E-state index in [0.717, 1.165) is 12.4 Å². The molecule has 0 bridgehead atoms. The van der Waals surface area contributed by atoms with Crippen LogP contribution in [0.15, 0.2) is 4.99 Å². The van der Waals surface area contributed by atoms with Crippen LogP contribution in [0.5, 0.6) is 0 Å². The first-order chi connectivity index (χ1) is 9.35. The van der Waals surface area contributed by atoms with E-state index in [4.69, 9.17) is 0 Å². The highest BCUT2D eigenvalue weighted by molar-refractivity contribution is 7.91. The molecule has 2 aliphatic rings. The molecule has 0 spiro atoms. The Morgan fingerprint density at radius 1 is 1.25 bits per heavy atom. The van der Waals surface area contributed by atoms with Crippen LogP contribution in [-0.2, 0) is 9.84 Å². The summed E-state index contributed by atoms with van der Waals surface area (Å²) >= 11 is 0. The van der Waals surface area contributed by atoms with E-state index in [-0.39, 0.29) is 5.92 Å². The summed E-state index contributed by atoms with van der Waals surface area (Å²) in [5, 5.41) is 6.83. The van der Waals surface area contributed by atoms with Crippen molar-refractivity contribution >= 4 is 15.8 Å². The molecule has 1 saturated heterocycles. The summed E-state index contributed by atoms with van der Waals surface area (Å²) in [4.78, 5) is 4.60. The van der Waals surface area contributed by atoms with Gasteiger partial charge in [0.2, 0.25) is 0 Å². The second-order valence-corrected chi connectivity index (χ2v) is 8.78. The highest BCUT2D eigenvalue weighted by Crippen LogP contribution is 2.20. The van der Waals surface area contributed by atoms with Gasteiger partial charge in [-0.3, -0.25) is 4.99 Å². The van der Waals surface area contributed by atoms with Gasteiger partial charge in [0.1, 0.15) is 0 Å². The Kier molecular flexibility index (Phi) is 4.94. The van der Waals surface area contributed by atoms with Crippen molar-refractivity contribution in [2.75, 3.05) is 18.1 Å². The zero-order valence-electron chi connectivity index (χ0n) is 12.7. The number of nitrogens with zero attached hydrogens (tertiary/aromatic N) is 1. The summed E-state index contributed by atoms with van der Waals surface area (Å²) in [7, 11) is -2.80. The first-order valence-electron chi connectivity index (χ1n) is 7.63. The molecule has 2 N–H and O–H groups in total. The first-order valence-corrected chi connectivity index (χ1v) is 9.46. The molecule has 1 heterocycles. The van der Waals surface area contributed by atoms with Gasteiger partial charge in [-0.2, -0.15) is 0 Å². The lowest BCUT2D eigenvalue weighted by molar-refractivity contribution is 0.479. The van der Waals surface area contributed by atoms with Crippen molar-refractivity contribution in [2.45, 2.75) is 52.1 Å². The molecule has 20 heavy (non-hydrogen) atoms. The van der Waals surface area contributed by atoms with Crippen molar-refractivity contribution < 1.29 is 8.42 Å². The van der Waals surface area contributed by atoms with Crippen molar-refractivity contribution in [3.05, 3.63) is 0 Å². The molecule has 1 aliphatic heterocycles. The molecule has 1 saturated carbocycles. The highest BCUT2D eigenvalue weighted by Gasteiger charge is 2.28. The molecule has 2 fully saturated rings. The van der Waals surface area contributed by atoms with Crippen LogP contribution in [0, 0.1) is 11.8 Å². The third kappa shape index (κ3) is 4.96. The van der Waals surface area contributed by atoms with Gasteiger partial charge in [0, 0.05) is 18.6 Å². The summed E-state index contributed by atoms with van der Waals surface area (Å²) < 4.78 is 22.9. The zero-order chi connectivity index (χ0) is 14.8. The van der Waals surface area contributed by atoms with Gasteiger partial charge in [-0.25, -0.2) is 8.42 Å². The lowest BCUT2D eigenvalue weighted by atomic mass is 10.1. The Bertz CT molecular complexity index is 455. The number of rotatable bonds is 5. The third-order valence-corrected chi connectivity index (χ3v) is 5.95. The minimum Gasteiger partial charge on any atom is -0.354 e. The van der Waals surface area contributed by atoms with Gasteiger partial charge in [-0.15, -0.1) is 0 Å². The Balaban J connectivity index is 1.89. The molecule has 0 aromatic rings. The minimum atomic E-state index is -2.80. The Morgan fingerprint density at radius 3 is 2.45 bits per heavy atom. The van der Waals surface area contributed by atoms with Crippen molar-refractivity contribution in [3.8, 4) is 0 Å². The summed E-state index contributed by atoms with van der Waals surface area (Å²) in [6, 6.07) is 0.903. The van der Waals surface area contributed by atoms with Gasteiger partial charge >= 0.3 is 0 Å². The molecule has 0 amide bonds. The van der Waals surface area contributed by atoms with E-state index >= 15 is 0 Å². The Hall–Kier alpha value is -0.780. The van der Waals surface area contributed by atoms with Gasteiger partial charge in [-0.05, 0) is 38.0 Å². The number of sulfone groups is 1. The van der Waals surface area contributed by atoms with Crippen LogP contribution in [0.1, 0.15) is 40.0 Å². The molecule has 6 heteroatoms. The second-order valence-electron chi connectivity index (χ2n) is 6.55. The number of hydrogen-bond donors (Lipinski definition) is 2. The molecule has 0 aromatic heterocycles. The predicted molar refractivity (Wildman–Crippen MR) is 82.7 cm³/mol. The molecule has 116 valence electrons. The van der Waals surface area contributed by atoms with Crippen molar-refractivity contribution in [1.29, 1.82) is 0 Å². The van der Waals surface area contributed by atoms with Crippen molar-refractivity contribution in [1.82, 2.24) is 10.6 Å². The summed E-state index contributed by atoms with van der Waals surface area (Å²) in [6.45, 7) is 7.10. The predicted octanol–water partition coefficient (Wildman–Crippen LogP) is 1.16. The Morgan fingerprint density at radius 2 is 1.95 bits per heavy atom. The minimum absolute atomic E-state index is 0.187. The van der Waals surface area contributed by atoms with E-state index in [2.05, 4.69) is 36.4 Å². The van der Waals surface area contributed by atoms with E-state index in [1.54, 1.807) is 0 Å².